The number of likely N-dealkylation sites (N-methyl/N-ethyl adjacent to an activating group) is 2. The van der Waals surface area contributed by atoms with Crippen LogP contribution in [0.1, 0.15) is 32.6 Å². The van der Waals surface area contributed by atoms with Crippen molar-refractivity contribution < 1.29 is 9.90 Å². The monoisotopic (exact) mass is 228 g/mol. The van der Waals surface area contributed by atoms with E-state index in [4.69, 9.17) is 0 Å². The van der Waals surface area contributed by atoms with Crippen molar-refractivity contribution in [1.29, 1.82) is 0 Å². The molecule has 0 aromatic carbocycles. The van der Waals surface area contributed by atoms with Crippen molar-refractivity contribution in [1.82, 2.24) is 9.80 Å². The van der Waals surface area contributed by atoms with Gasteiger partial charge in [0.15, 0.2) is 0 Å². The molecule has 0 aliphatic heterocycles. The zero-order valence-corrected chi connectivity index (χ0v) is 10.8. The molecule has 0 saturated heterocycles. The molecule has 0 bridgehead atoms. The van der Waals surface area contributed by atoms with E-state index < -0.39 is 0 Å². The smallest absolute Gasteiger partial charge is 0.239 e. The first-order valence-electron chi connectivity index (χ1n) is 6.06. The summed E-state index contributed by atoms with van der Waals surface area (Å²) in [7, 11) is 5.47. The van der Waals surface area contributed by atoms with Crippen LogP contribution in [0.25, 0.3) is 0 Å². The molecular formula is C12H24N2O2. The van der Waals surface area contributed by atoms with E-state index in [0.29, 0.717) is 0 Å². The number of hydrogen-bond donors (Lipinski definition) is 1. The lowest BCUT2D eigenvalue weighted by atomic mass is 9.91. The Hall–Kier alpha value is -0.610. The van der Waals surface area contributed by atoms with Crippen LogP contribution >= 0.6 is 0 Å². The van der Waals surface area contributed by atoms with E-state index in [1.165, 1.54) is 0 Å². The number of hydrogen-bond acceptors (Lipinski definition) is 3. The lowest BCUT2D eigenvalue weighted by Gasteiger charge is -2.38. The molecule has 3 unspecified atom stereocenters. The SMILES string of the molecule is CC(C(=O)N(C)C)N(C)C1CCCCC1O. The maximum atomic E-state index is 11.8. The van der Waals surface area contributed by atoms with Crippen LogP contribution in [0.4, 0.5) is 0 Å². The number of carbonyl (C=O) groups is 1. The zero-order chi connectivity index (χ0) is 12.3. The standard InChI is InChI=1S/C12H24N2O2/c1-9(12(16)13(2)3)14(4)10-7-5-6-8-11(10)15/h9-11,15H,5-8H2,1-4H3. The molecule has 1 rings (SSSR count). The molecule has 16 heavy (non-hydrogen) atoms. The summed E-state index contributed by atoms with van der Waals surface area (Å²) in [6.45, 7) is 1.91. The molecule has 4 heteroatoms. The second kappa shape index (κ2) is 5.64. The highest BCUT2D eigenvalue weighted by Gasteiger charge is 2.31. The van der Waals surface area contributed by atoms with Gasteiger partial charge in [0.2, 0.25) is 5.91 Å². The summed E-state index contributed by atoms with van der Waals surface area (Å²) in [5.41, 5.74) is 0. The molecule has 1 aliphatic rings. The largest absolute Gasteiger partial charge is 0.391 e. The highest BCUT2D eigenvalue weighted by atomic mass is 16.3. The van der Waals surface area contributed by atoms with Crippen molar-refractivity contribution in [2.24, 2.45) is 0 Å². The zero-order valence-electron chi connectivity index (χ0n) is 10.8. The fraction of sp³-hybridized carbons (Fsp3) is 0.917. The predicted octanol–water partition coefficient (Wildman–Crippen LogP) is 0.698. The Kier molecular flexibility index (Phi) is 4.74. The maximum Gasteiger partial charge on any atom is 0.239 e. The first-order chi connectivity index (χ1) is 7.45. The Bertz CT molecular complexity index is 243. The summed E-state index contributed by atoms with van der Waals surface area (Å²) in [6.07, 6.45) is 3.81. The van der Waals surface area contributed by atoms with Crippen molar-refractivity contribution in [3.8, 4) is 0 Å². The van der Waals surface area contributed by atoms with Crippen molar-refractivity contribution in [3.05, 3.63) is 0 Å². The van der Waals surface area contributed by atoms with Gasteiger partial charge in [0.1, 0.15) is 0 Å². The molecule has 0 aromatic rings. The van der Waals surface area contributed by atoms with E-state index in [0.717, 1.165) is 25.7 Å². The minimum atomic E-state index is -0.281. The molecule has 0 radical (unpaired) electrons. The minimum absolute atomic E-state index is 0.0975. The number of nitrogens with zero attached hydrogens (tertiary/aromatic N) is 2. The Morgan fingerprint density at radius 2 is 1.81 bits per heavy atom. The van der Waals surface area contributed by atoms with E-state index >= 15 is 0 Å². The molecule has 4 nitrogen and oxygen atoms in total. The molecule has 0 spiro atoms. The predicted molar refractivity (Wildman–Crippen MR) is 64.2 cm³/mol. The second-order valence-corrected chi connectivity index (χ2v) is 4.99. The number of carbonyl (C=O) groups excluding carboxylic acids is 1. The quantitative estimate of drug-likeness (QED) is 0.773. The van der Waals surface area contributed by atoms with Gasteiger partial charge in [-0.05, 0) is 26.8 Å². The summed E-state index contributed by atoms with van der Waals surface area (Å²) in [5.74, 6) is 0.0975. The van der Waals surface area contributed by atoms with E-state index in [1.807, 2.05) is 18.9 Å². The summed E-state index contributed by atoms with van der Waals surface area (Å²) in [5, 5.41) is 9.94. The van der Waals surface area contributed by atoms with Gasteiger partial charge in [0.25, 0.3) is 0 Å². The third-order valence-corrected chi connectivity index (χ3v) is 3.63. The fourth-order valence-corrected chi connectivity index (χ4v) is 2.40. The second-order valence-electron chi connectivity index (χ2n) is 4.99. The van der Waals surface area contributed by atoms with Crippen LogP contribution in [0.5, 0.6) is 0 Å². The first-order valence-corrected chi connectivity index (χ1v) is 6.06. The van der Waals surface area contributed by atoms with Gasteiger partial charge < -0.3 is 10.0 Å². The summed E-state index contributed by atoms with van der Waals surface area (Å²) >= 11 is 0. The van der Waals surface area contributed by atoms with Crippen LogP contribution in [0.3, 0.4) is 0 Å². The normalized spacial score (nSPS) is 27.9. The Morgan fingerprint density at radius 3 is 2.31 bits per heavy atom. The highest BCUT2D eigenvalue weighted by molar-refractivity contribution is 5.80. The molecule has 1 aliphatic carbocycles. The highest BCUT2D eigenvalue weighted by Crippen LogP contribution is 2.23. The lowest BCUT2D eigenvalue weighted by Crippen LogP contribution is -2.52. The Morgan fingerprint density at radius 1 is 1.25 bits per heavy atom. The van der Waals surface area contributed by atoms with Gasteiger partial charge in [-0.2, -0.15) is 0 Å². The summed E-state index contributed by atoms with van der Waals surface area (Å²) in [4.78, 5) is 15.5. The molecule has 0 heterocycles. The van der Waals surface area contributed by atoms with E-state index in [2.05, 4.69) is 0 Å². The maximum absolute atomic E-state index is 11.8. The van der Waals surface area contributed by atoms with Gasteiger partial charge in [-0.1, -0.05) is 12.8 Å². The molecule has 1 fully saturated rings. The lowest BCUT2D eigenvalue weighted by molar-refractivity contribution is -0.135. The average Bonchev–Trinajstić information content (AvgIpc) is 2.26. The molecule has 1 amide bonds. The third-order valence-electron chi connectivity index (χ3n) is 3.63. The minimum Gasteiger partial charge on any atom is -0.391 e. The molecule has 1 saturated carbocycles. The van der Waals surface area contributed by atoms with Crippen LogP contribution in [-0.2, 0) is 4.79 Å². The number of amides is 1. The van der Waals surface area contributed by atoms with Gasteiger partial charge in [0, 0.05) is 20.1 Å². The van der Waals surface area contributed by atoms with E-state index in [9.17, 15) is 9.90 Å². The number of aliphatic hydroxyl groups is 1. The van der Waals surface area contributed by atoms with Crippen LogP contribution in [0, 0.1) is 0 Å². The van der Waals surface area contributed by atoms with E-state index in [1.54, 1.807) is 19.0 Å². The molecule has 94 valence electrons. The van der Waals surface area contributed by atoms with Crippen LogP contribution < -0.4 is 0 Å². The summed E-state index contributed by atoms with van der Waals surface area (Å²) in [6, 6.07) is -0.0274. The topological polar surface area (TPSA) is 43.8 Å². The molecule has 3 atom stereocenters. The molecule has 0 aromatic heterocycles. The van der Waals surface area contributed by atoms with Crippen LogP contribution in [0.15, 0.2) is 0 Å². The Labute approximate surface area is 98.2 Å². The molecule has 1 N–H and O–H groups in total. The van der Waals surface area contributed by atoms with Gasteiger partial charge in [-0.15, -0.1) is 0 Å². The number of rotatable bonds is 3. The van der Waals surface area contributed by atoms with Gasteiger partial charge in [-0.25, -0.2) is 0 Å². The van der Waals surface area contributed by atoms with Crippen LogP contribution in [0.2, 0.25) is 0 Å². The van der Waals surface area contributed by atoms with Crippen LogP contribution in [-0.4, -0.2) is 60.1 Å². The average molecular weight is 228 g/mol. The van der Waals surface area contributed by atoms with Gasteiger partial charge in [-0.3, -0.25) is 9.69 Å². The van der Waals surface area contributed by atoms with E-state index in [-0.39, 0.29) is 24.1 Å². The van der Waals surface area contributed by atoms with Crippen molar-refractivity contribution in [3.63, 3.8) is 0 Å². The van der Waals surface area contributed by atoms with Gasteiger partial charge >= 0.3 is 0 Å². The third kappa shape index (κ3) is 2.95. The summed E-state index contributed by atoms with van der Waals surface area (Å²) < 4.78 is 0. The van der Waals surface area contributed by atoms with Crippen molar-refractivity contribution in [2.75, 3.05) is 21.1 Å². The molecular weight excluding hydrogens is 204 g/mol. The van der Waals surface area contributed by atoms with Crippen molar-refractivity contribution >= 4 is 5.91 Å². The van der Waals surface area contributed by atoms with Gasteiger partial charge in [0.05, 0.1) is 12.1 Å². The Balaban J connectivity index is 2.61. The fourth-order valence-electron chi connectivity index (χ4n) is 2.40. The first kappa shape index (κ1) is 13.5. The van der Waals surface area contributed by atoms with Crippen molar-refractivity contribution in [2.45, 2.75) is 50.8 Å². The number of aliphatic hydroxyl groups excluding tert-OH is 1.